The van der Waals surface area contributed by atoms with Crippen LogP contribution >= 0.6 is 0 Å². The van der Waals surface area contributed by atoms with Gasteiger partial charge in [0.15, 0.2) is 0 Å². The van der Waals surface area contributed by atoms with Crippen molar-refractivity contribution in [2.75, 3.05) is 19.8 Å². The maximum atomic E-state index is 11.9. The summed E-state index contributed by atoms with van der Waals surface area (Å²) in [5.41, 5.74) is 2.64. The van der Waals surface area contributed by atoms with Gasteiger partial charge in [0.25, 0.3) is 0 Å². The van der Waals surface area contributed by atoms with Crippen LogP contribution in [-0.2, 0) is 9.47 Å². The van der Waals surface area contributed by atoms with Gasteiger partial charge in [-0.25, -0.2) is 4.79 Å². The molecule has 0 bridgehead atoms. The van der Waals surface area contributed by atoms with Crippen molar-refractivity contribution in [3.63, 3.8) is 0 Å². The van der Waals surface area contributed by atoms with Gasteiger partial charge >= 0.3 is 5.97 Å². The van der Waals surface area contributed by atoms with E-state index in [0.29, 0.717) is 24.0 Å². The number of rotatable bonds is 4. The van der Waals surface area contributed by atoms with E-state index in [4.69, 9.17) is 14.5 Å². The number of aromatic nitrogens is 1. The lowest BCUT2D eigenvalue weighted by atomic mass is 10.0. The van der Waals surface area contributed by atoms with Crippen LogP contribution in [0.4, 0.5) is 0 Å². The van der Waals surface area contributed by atoms with Crippen LogP contribution in [0.3, 0.4) is 0 Å². The van der Waals surface area contributed by atoms with Gasteiger partial charge in [-0.2, -0.15) is 0 Å². The molecule has 0 amide bonds. The zero-order valence-electron chi connectivity index (χ0n) is 11.2. The number of carbonyl (C=O) groups is 1. The summed E-state index contributed by atoms with van der Waals surface area (Å²) in [6.07, 6.45) is 3.28. The van der Waals surface area contributed by atoms with Crippen LogP contribution in [0.5, 0.6) is 0 Å². The van der Waals surface area contributed by atoms with E-state index in [1.54, 1.807) is 0 Å². The van der Waals surface area contributed by atoms with Crippen molar-refractivity contribution in [1.82, 2.24) is 4.98 Å². The first-order valence-electron chi connectivity index (χ1n) is 7.05. The standard InChI is InChI=1S/C15H19NO3/c1-2-19-15(17)12-5-6-13(11-7-8-18-9-11)16-14(12)10-3-4-10/h5-6,10-11H,2-4,7-9H2,1H3. The van der Waals surface area contributed by atoms with Gasteiger partial charge in [-0.1, -0.05) is 0 Å². The molecule has 1 unspecified atom stereocenters. The second kappa shape index (κ2) is 5.29. The second-order valence-corrected chi connectivity index (χ2v) is 5.22. The molecule has 2 fully saturated rings. The van der Waals surface area contributed by atoms with Gasteiger partial charge in [-0.05, 0) is 38.3 Å². The lowest BCUT2D eigenvalue weighted by molar-refractivity contribution is 0.0524. The Labute approximate surface area is 113 Å². The van der Waals surface area contributed by atoms with Crippen LogP contribution in [0, 0.1) is 0 Å². The molecule has 2 heterocycles. The Kier molecular flexibility index (Phi) is 3.51. The lowest BCUT2D eigenvalue weighted by Gasteiger charge is -2.12. The SMILES string of the molecule is CCOC(=O)c1ccc(C2CCOC2)nc1C1CC1. The summed E-state index contributed by atoms with van der Waals surface area (Å²) in [6, 6.07) is 3.84. The van der Waals surface area contributed by atoms with E-state index in [1.165, 1.54) is 0 Å². The van der Waals surface area contributed by atoms with Crippen LogP contribution < -0.4 is 0 Å². The molecule has 1 saturated heterocycles. The number of carbonyl (C=O) groups excluding carboxylic acids is 1. The molecule has 0 N–H and O–H groups in total. The predicted octanol–water partition coefficient (Wildman–Crippen LogP) is 2.64. The molecule has 1 aliphatic heterocycles. The van der Waals surface area contributed by atoms with Crippen molar-refractivity contribution in [2.24, 2.45) is 0 Å². The van der Waals surface area contributed by atoms with Crippen LogP contribution in [0.15, 0.2) is 12.1 Å². The Hall–Kier alpha value is -1.42. The zero-order chi connectivity index (χ0) is 13.2. The average Bonchev–Trinajstić information content (AvgIpc) is 3.13. The van der Waals surface area contributed by atoms with Crippen molar-refractivity contribution < 1.29 is 14.3 Å². The van der Waals surface area contributed by atoms with Crippen molar-refractivity contribution in [2.45, 2.75) is 38.0 Å². The van der Waals surface area contributed by atoms with Gasteiger partial charge < -0.3 is 9.47 Å². The fraction of sp³-hybridized carbons (Fsp3) is 0.600. The smallest absolute Gasteiger partial charge is 0.339 e. The molecular weight excluding hydrogens is 242 g/mol. The lowest BCUT2D eigenvalue weighted by Crippen LogP contribution is -2.12. The first-order chi connectivity index (χ1) is 9.29. The summed E-state index contributed by atoms with van der Waals surface area (Å²) in [6.45, 7) is 3.79. The molecule has 19 heavy (non-hydrogen) atoms. The van der Waals surface area contributed by atoms with Crippen LogP contribution in [0.25, 0.3) is 0 Å². The topological polar surface area (TPSA) is 48.4 Å². The number of ether oxygens (including phenoxy) is 2. The summed E-state index contributed by atoms with van der Waals surface area (Å²) >= 11 is 0. The maximum Gasteiger partial charge on any atom is 0.339 e. The minimum absolute atomic E-state index is 0.244. The largest absolute Gasteiger partial charge is 0.462 e. The van der Waals surface area contributed by atoms with E-state index in [1.807, 2.05) is 19.1 Å². The fourth-order valence-electron chi connectivity index (χ4n) is 2.54. The Bertz CT molecular complexity index is 476. The molecule has 4 nitrogen and oxygen atoms in total. The Balaban J connectivity index is 1.90. The zero-order valence-corrected chi connectivity index (χ0v) is 11.2. The fourth-order valence-corrected chi connectivity index (χ4v) is 2.54. The minimum Gasteiger partial charge on any atom is -0.462 e. The van der Waals surface area contributed by atoms with Gasteiger partial charge in [0.2, 0.25) is 0 Å². The molecule has 1 atom stereocenters. The van der Waals surface area contributed by atoms with Crippen molar-refractivity contribution in [1.29, 1.82) is 0 Å². The third-order valence-electron chi connectivity index (χ3n) is 3.75. The van der Waals surface area contributed by atoms with Crippen LogP contribution in [0.2, 0.25) is 0 Å². The van der Waals surface area contributed by atoms with Crippen molar-refractivity contribution in [3.8, 4) is 0 Å². The highest BCUT2D eigenvalue weighted by Gasteiger charge is 2.31. The van der Waals surface area contributed by atoms with Crippen LogP contribution in [-0.4, -0.2) is 30.8 Å². The van der Waals surface area contributed by atoms with Gasteiger partial charge in [0, 0.05) is 24.1 Å². The van der Waals surface area contributed by atoms with Gasteiger partial charge in [0.05, 0.1) is 24.5 Å². The molecule has 3 rings (SSSR count). The van der Waals surface area contributed by atoms with Gasteiger partial charge in [0.1, 0.15) is 0 Å². The normalized spacial score (nSPS) is 22.5. The molecular formula is C15H19NO3. The highest BCUT2D eigenvalue weighted by molar-refractivity contribution is 5.91. The second-order valence-electron chi connectivity index (χ2n) is 5.22. The third kappa shape index (κ3) is 2.63. The number of esters is 1. The Morgan fingerprint density at radius 1 is 1.37 bits per heavy atom. The summed E-state index contributed by atoms with van der Waals surface area (Å²) in [5.74, 6) is 0.585. The highest BCUT2D eigenvalue weighted by Crippen LogP contribution is 2.41. The Morgan fingerprint density at radius 2 is 2.21 bits per heavy atom. The number of hydrogen-bond acceptors (Lipinski definition) is 4. The maximum absolute atomic E-state index is 11.9. The molecule has 1 aromatic heterocycles. The van der Waals surface area contributed by atoms with E-state index in [9.17, 15) is 4.79 Å². The van der Waals surface area contributed by atoms with Crippen molar-refractivity contribution in [3.05, 3.63) is 29.1 Å². The van der Waals surface area contributed by atoms with E-state index in [0.717, 1.165) is 43.9 Å². The molecule has 1 aromatic rings. The quantitative estimate of drug-likeness (QED) is 0.782. The summed E-state index contributed by atoms with van der Waals surface area (Å²) in [5, 5.41) is 0. The first-order valence-corrected chi connectivity index (χ1v) is 7.05. The minimum atomic E-state index is -0.244. The molecule has 0 radical (unpaired) electrons. The molecule has 4 heteroatoms. The molecule has 0 spiro atoms. The molecule has 1 saturated carbocycles. The monoisotopic (exact) mass is 261 g/mol. The van der Waals surface area contributed by atoms with E-state index in [-0.39, 0.29) is 5.97 Å². The van der Waals surface area contributed by atoms with E-state index < -0.39 is 0 Å². The first kappa shape index (κ1) is 12.6. The predicted molar refractivity (Wildman–Crippen MR) is 70.3 cm³/mol. The summed E-state index contributed by atoms with van der Waals surface area (Å²) < 4.78 is 10.5. The molecule has 102 valence electrons. The molecule has 2 aliphatic rings. The summed E-state index contributed by atoms with van der Waals surface area (Å²) in [4.78, 5) is 16.7. The number of pyridine rings is 1. The van der Waals surface area contributed by atoms with Gasteiger partial charge in [-0.3, -0.25) is 4.98 Å². The number of hydrogen-bond donors (Lipinski definition) is 0. The van der Waals surface area contributed by atoms with E-state index >= 15 is 0 Å². The Morgan fingerprint density at radius 3 is 2.84 bits per heavy atom. The third-order valence-corrected chi connectivity index (χ3v) is 3.75. The van der Waals surface area contributed by atoms with Crippen molar-refractivity contribution >= 4 is 5.97 Å². The highest BCUT2D eigenvalue weighted by atomic mass is 16.5. The van der Waals surface area contributed by atoms with Gasteiger partial charge in [-0.15, -0.1) is 0 Å². The van der Waals surface area contributed by atoms with Crippen LogP contribution in [0.1, 0.15) is 59.8 Å². The van der Waals surface area contributed by atoms with E-state index in [2.05, 4.69) is 0 Å². The molecule has 1 aliphatic carbocycles. The molecule has 0 aromatic carbocycles. The average molecular weight is 261 g/mol. The summed E-state index contributed by atoms with van der Waals surface area (Å²) in [7, 11) is 0. The number of nitrogens with zero attached hydrogens (tertiary/aromatic N) is 1.